The van der Waals surface area contributed by atoms with Crippen LogP contribution in [-0.4, -0.2) is 9.97 Å². The number of aromatic nitrogens is 2. The summed E-state index contributed by atoms with van der Waals surface area (Å²) < 4.78 is 0. The van der Waals surface area contributed by atoms with Crippen LogP contribution in [0.1, 0.15) is 34.3 Å². The van der Waals surface area contributed by atoms with Crippen LogP contribution in [-0.2, 0) is 0 Å². The van der Waals surface area contributed by atoms with Gasteiger partial charge in [-0.1, -0.05) is 181 Å². The normalized spacial score (nSPS) is 15.5. The van der Waals surface area contributed by atoms with Crippen molar-refractivity contribution in [2.45, 2.75) is 12.1 Å². The average molecular weight is 653 g/mol. The molecule has 2 atom stereocenters. The smallest absolute Gasteiger partial charge is 0.673 e. The molecule has 0 bridgehead atoms. The van der Waals surface area contributed by atoms with Crippen molar-refractivity contribution in [2.24, 2.45) is 0 Å². The Bertz CT molecular complexity index is 2490. The van der Waals surface area contributed by atoms with Gasteiger partial charge in [0.15, 0.2) is 0 Å². The van der Waals surface area contributed by atoms with Gasteiger partial charge in [-0.2, -0.15) is 0 Å². The van der Waals surface area contributed by atoms with Gasteiger partial charge < -0.3 is 10.6 Å². The van der Waals surface area contributed by atoms with Gasteiger partial charge in [-0.05, 0) is 44.8 Å². The predicted octanol–water partition coefficient (Wildman–Crippen LogP) is 6.82. The van der Waals surface area contributed by atoms with Crippen molar-refractivity contribution in [3.05, 3.63) is 191 Å². The van der Waals surface area contributed by atoms with Gasteiger partial charge in [0.1, 0.15) is 0 Å². The van der Waals surface area contributed by atoms with E-state index in [-0.39, 0.29) is 49.8 Å². The van der Waals surface area contributed by atoms with E-state index in [0.29, 0.717) is 0 Å². The number of rotatable bonds is 4. The molecule has 6 heteroatoms. The molecule has 0 N–H and O–H groups in total. The zero-order valence-electron chi connectivity index (χ0n) is 29.1. The first-order valence-corrected chi connectivity index (χ1v) is 17.0. The van der Waals surface area contributed by atoms with Gasteiger partial charge in [0.25, 0.3) is 0 Å². The Morgan fingerprint density at radius 1 is 0.404 bits per heavy atom. The molecular formula is C46H30Li2N4. The van der Waals surface area contributed by atoms with Gasteiger partial charge in [0, 0.05) is 11.1 Å². The maximum Gasteiger partial charge on any atom is 1.00 e. The van der Waals surface area contributed by atoms with E-state index in [2.05, 4.69) is 133 Å². The number of fused-ring (bicyclic) bond motifs is 7. The summed E-state index contributed by atoms with van der Waals surface area (Å²) in [7, 11) is 0. The monoisotopic (exact) mass is 652 g/mol. The second-order valence-electron chi connectivity index (χ2n) is 13.0. The average Bonchev–Trinajstić information content (AvgIpc) is 3.20. The van der Waals surface area contributed by atoms with Crippen molar-refractivity contribution in [3.8, 4) is 22.5 Å². The molecule has 52 heavy (non-hydrogen) atoms. The maximum atomic E-state index is 5.29. The molecule has 0 radical (unpaired) electrons. The third-order valence-electron chi connectivity index (χ3n) is 9.90. The summed E-state index contributed by atoms with van der Waals surface area (Å²) >= 11 is 0. The first kappa shape index (κ1) is 33.8. The largest absolute Gasteiger partial charge is 1.00 e. The molecule has 2 aliphatic heterocycles. The number of pyridine rings is 2. The Morgan fingerprint density at radius 2 is 0.827 bits per heavy atom. The van der Waals surface area contributed by atoms with Crippen LogP contribution in [0.2, 0.25) is 0 Å². The van der Waals surface area contributed by atoms with E-state index in [1.54, 1.807) is 0 Å². The van der Waals surface area contributed by atoms with Gasteiger partial charge in [-0.15, -0.1) is 11.4 Å². The molecule has 8 aromatic rings. The molecule has 4 nitrogen and oxygen atoms in total. The summed E-state index contributed by atoms with van der Waals surface area (Å²) in [5, 5.41) is 15.1. The van der Waals surface area contributed by atoms with Gasteiger partial charge in [0.05, 0.1) is 22.4 Å². The SMILES string of the molecule is C1=CC(c2ccc3ccc(C4C=Cc5ccc6ccc(-c7ccccc7)nc6c5[N-]4)cc3c2)[N-]c2c1ccc1ccc(-c3ccccc3)nc21.[Li+].[Li+]. The van der Waals surface area contributed by atoms with Gasteiger partial charge in [-0.3, -0.25) is 0 Å². The Labute approximate surface area is 327 Å². The number of hydrogen-bond acceptors (Lipinski definition) is 2. The molecule has 236 valence electrons. The summed E-state index contributed by atoms with van der Waals surface area (Å²) in [5.74, 6) is 0. The van der Waals surface area contributed by atoms with Crippen LogP contribution in [0.25, 0.3) is 77.9 Å². The maximum absolute atomic E-state index is 5.29. The fourth-order valence-electron chi connectivity index (χ4n) is 7.24. The second kappa shape index (κ2) is 14.0. The molecule has 0 aliphatic carbocycles. The van der Waals surface area contributed by atoms with Crippen LogP contribution >= 0.6 is 0 Å². The van der Waals surface area contributed by atoms with Crippen LogP contribution in [0.4, 0.5) is 11.4 Å². The number of benzene rings is 6. The molecule has 0 saturated carbocycles. The molecular weight excluding hydrogens is 622 g/mol. The van der Waals surface area contributed by atoms with Crippen LogP contribution in [0.3, 0.4) is 0 Å². The molecule has 4 heterocycles. The topological polar surface area (TPSA) is 54.0 Å². The van der Waals surface area contributed by atoms with Gasteiger partial charge in [-0.25, -0.2) is 9.97 Å². The second-order valence-corrected chi connectivity index (χ2v) is 13.0. The minimum absolute atomic E-state index is 0. The molecule has 0 saturated heterocycles. The molecule has 6 aromatic carbocycles. The van der Waals surface area contributed by atoms with E-state index >= 15 is 0 Å². The summed E-state index contributed by atoms with van der Waals surface area (Å²) in [6.07, 6.45) is 8.76. The molecule has 0 amide bonds. The van der Waals surface area contributed by atoms with Crippen LogP contribution in [0.5, 0.6) is 0 Å². The van der Waals surface area contributed by atoms with Crippen LogP contribution in [0, 0.1) is 0 Å². The quantitative estimate of drug-likeness (QED) is 0.196. The zero-order valence-corrected chi connectivity index (χ0v) is 29.1. The molecule has 0 spiro atoms. The molecule has 2 aromatic heterocycles. The van der Waals surface area contributed by atoms with Crippen molar-refractivity contribution in [1.29, 1.82) is 0 Å². The van der Waals surface area contributed by atoms with E-state index in [1.165, 1.54) is 10.8 Å². The van der Waals surface area contributed by atoms with Crippen molar-refractivity contribution < 1.29 is 37.7 Å². The molecule has 10 rings (SSSR count). The fraction of sp³-hybridized carbons (Fsp3) is 0.0435. The van der Waals surface area contributed by atoms with Crippen molar-refractivity contribution in [1.82, 2.24) is 9.97 Å². The summed E-state index contributed by atoms with van der Waals surface area (Å²) in [6.45, 7) is 0. The Kier molecular flexibility index (Phi) is 9.10. The zero-order chi connectivity index (χ0) is 33.0. The predicted molar refractivity (Wildman–Crippen MR) is 208 cm³/mol. The fourth-order valence-corrected chi connectivity index (χ4v) is 7.24. The van der Waals surface area contributed by atoms with E-state index in [9.17, 15) is 0 Å². The minimum atomic E-state index is -0.106. The minimum Gasteiger partial charge on any atom is -0.673 e. The van der Waals surface area contributed by atoms with Crippen molar-refractivity contribution in [2.75, 3.05) is 0 Å². The molecule has 0 fully saturated rings. The first-order chi connectivity index (χ1) is 24.7. The van der Waals surface area contributed by atoms with Gasteiger partial charge >= 0.3 is 37.7 Å². The Balaban J connectivity index is 0.00000193. The van der Waals surface area contributed by atoms with Crippen molar-refractivity contribution >= 4 is 56.1 Å². The van der Waals surface area contributed by atoms with Crippen LogP contribution in [0.15, 0.2) is 158 Å². The molecule has 2 aliphatic rings. The van der Waals surface area contributed by atoms with E-state index in [4.69, 9.17) is 20.6 Å². The summed E-state index contributed by atoms with van der Waals surface area (Å²) in [5.41, 5.74) is 12.4. The van der Waals surface area contributed by atoms with Crippen molar-refractivity contribution in [3.63, 3.8) is 0 Å². The van der Waals surface area contributed by atoms with E-state index in [0.717, 1.165) is 77.9 Å². The van der Waals surface area contributed by atoms with E-state index < -0.39 is 0 Å². The summed E-state index contributed by atoms with van der Waals surface area (Å²) in [4.78, 5) is 10.2. The Morgan fingerprint density at radius 3 is 1.29 bits per heavy atom. The summed E-state index contributed by atoms with van der Waals surface area (Å²) in [6, 6.07) is 50.8. The van der Waals surface area contributed by atoms with Gasteiger partial charge in [0.2, 0.25) is 0 Å². The van der Waals surface area contributed by atoms with Crippen LogP contribution < -0.4 is 37.7 Å². The third kappa shape index (κ3) is 6.05. The van der Waals surface area contributed by atoms with E-state index in [1.807, 2.05) is 36.4 Å². The number of hydrogen-bond donors (Lipinski definition) is 0. The Hall–Kier alpha value is -5.33. The molecule has 2 unspecified atom stereocenters. The standard InChI is InChI=1S/C46H30N4.2Li/c1-3-7-30(8-4-1)39-23-19-32-13-15-34-21-25-41(49-45(34)43(32)47-39)36-17-11-29-12-18-37(28-38(29)27-36)42-26-22-35-16-14-33-20-24-40(31-9-5-2-6-10-31)48-44(33)46(35)50-42;;/h1-28,41-42H;;/q-2;2*+1. The number of nitrogens with zero attached hydrogens (tertiary/aromatic N) is 4. The first-order valence-electron chi connectivity index (χ1n) is 17.0. The third-order valence-corrected chi connectivity index (χ3v) is 9.90.